The van der Waals surface area contributed by atoms with Crippen molar-refractivity contribution in [3.63, 3.8) is 0 Å². The molecule has 0 spiro atoms. The topological polar surface area (TPSA) is 47.9 Å². The molecule has 1 N–H and O–H groups in total. The van der Waals surface area contributed by atoms with Gasteiger partial charge < -0.3 is 19.3 Å². The summed E-state index contributed by atoms with van der Waals surface area (Å²) in [6, 6.07) is 5.98. The maximum absolute atomic E-state index is 11.1. The lowest BCUT2D eigenvalue weighted by atomic mass is 9.76. The highest BCUT2D eigenvalue weighted by molar-refractivity contribution is 5.40. The first-order chi connectivity index (χ1) is 10.0. The Morgan fingerprint density at radius 2 is 2.00 bits per heavy atom. The fraction of sp³-hybridized carbons (Fsp3) is 0.647. The summed E-state index contributed by atoms with van der Waals surface area (Å²) < 4.78 is 16.6. The third-order valence-corrected chi connectivity index (χ3v) is 4.74. The van der Waals surface area contributed by atoms with Crippen LogP contribution in [0.25, 0.3) is 0 Å². The van der Waals surface area contributed by atoms with Crippen LogP contribution in [-0.4, -0.2) is 31.2 Å². The zero-order valence-corrected chi connectivity index (χ0v) is 12.9. The zero-order chi connectivity index (χ0) is 14.9. The SMILES string of the molecule is COc1ccc2c(c1)CCCC2(O)CCC1(C)OCCO1. The van der Waals surface area contributed by atoms with E-state index in [-0.39, 0.29) is 0 Å². The van der Waals surface area contributed by atoms with Crippen molar-refractivity contribution in [2.24, 2.45) is 0 Å². The number of hydrogen-bond donors (Lipinski definition) is 1. The summed E-state index contributed by atoms with van der Waals surface area (Å²) in [5.74, 6) is 0.312. The molecule has 1 atom stereocenters. The quantitative estimate of drug-likeness (QED) is 0.927. The summed E-state index contributed by atoms with van der Waals surface area (Å²) in [6.07, 6.45) is 4.15. The van der Waals surface area contributed by atoms with Gasteiger partial charge in [-0.1, -0.05) is 6.07 Å². The number of ether oxygens (including phenoxy) is 3. The monoisotopic (exact) mass is 292 g/mol. The molecule has 1 unspecified atom stereocenters. The first-order valence-electron chi connectivity index (χ1n) is 7.72. The maximum Gasteiger partial charge on any atom is 0.165 e. The van der Waals surface area contributed by atoms with Crippen LogP contribution in [0.3, 0.4) is 0 Å². The Bertz CT molecular complexity index is 508. The van der Waals surface area contributed by atoms with E-state index < -0.39 is 11.4 Å². The zero-order valence-electron chi connectivity index (χ0n) is 12.9. The average Bonchev–Trinajstić information content (AvgIpc) is 2.93. The second kappa shape index (κ2) is 5.59. The van der Waals surface area contributed by atoms with Crippen LogP contribution in [0.4, 0.5) is 0 Å². The lowest BCUT2D eigenvalue weighted by molar-refractivity contribution is -0.158. The number of hydrogen-bond acceptors (Lipinski definition) is 4. The van der Waals surface area contributed by atoms with Crippen LogP contribution < -0.4 is 4.74 Å². The molecule has 4 nitrogen and oxygen atoms in total. The third kappa shape index (κ3) is 2.93. The Morgan fingerprint density at radius 1 is 1.24 bits per heavy atom. The van der Waals surface area contributed by atoms with E-state index in [1.54, 1.807) is 7.11 Å². The van der Waals surface area contributed by atoms with E-state index in [9.17, 15) is 5.11 Å². The molecule has 1 aromatic rings. The van der Waals surface area contributed by atoms with Crippen LogP contribution in [0.5, 0.6) is 5.75 Å². The molecule has 0 bridgehead atoms. The van der Waals surface area contributed by atoms with E-state index in [4.69, 9.17) is 14.2 Å². The minimum absolute atomic E-state index is 0.542. The van der Waals surface area contributed by atoms with Crippen LogP contribution in [0.2, 0.25) is 0 Å². The highest BCUT2D eigenvalue weighted by atomic mass is 16.7. The van der Waals surface area contributed by atoms with Gasteiger partial charge in [-0.25, -0.2) is 0 Å². The Kier molecular flexibility index (Phi) is 3.95. The van der Waals surface area contributed by atoms with E-state index in [0.717, 1.165) is 30.6 Å². The second-order valence-electron chi connectivity index (χ2n) is 6.24. The number of aliphatic hydroxyl groups is 1. The summed E-state index contributed by atoms with van der Waals surface area (Å²) >= 11 is 0. The minimum atomic E-state index is -0.780. The summed E-state index contributed by atoms with van der Waals surface area (Å²) in [4.78, 5) is 0. The van der Waals surface area contributed by atoms with Gasteiger partial charge in [0, 0.05) is 6.42 Å². The Morgan fingerprint density at radius 3 is 2.71 bits per heavy atom. The molecule has 21 heavy (non-hydrogen) atoms. The number of rotatable bonds is 4. The molecule has 1 heterocycles. The van der Waals surface area contributed by atoms with Gasteiger partial charge in [0.25, 0.3) is 0 Å². The van der Waals surface area contributed by atoms with Crippen LogP contribution in [-0.2, 0) is 21.5 Å². The van der Waals surface area contributed by atoms with Crippen molar-refractivity contribution in [3.05, 3.63) is 29.3 Å². The molecule has 2 aliphatic rings. The molecule has 1 aliphatic heterocycles. The van der Waals surface area contributed by atoms with Crippen molar-refractivity contribution >= 4 is 0 Å². The normalized spacial score (nSPS) is 27.4. The first kappa shape index (κ1) is 14.8. The Balaban J connectivity index is 1.79. The largest absolute Gasteiger partial charge is 0.497 e. The molecular weight excluding hydrogens is 268 g/mol. The van der Waals surface area contributed by atoms with E-state index in [1.165, 1.54) is 5.56 Å². The molecule has 0 saturated carbocycles. The molecule has 4 heteroatoms. The van der Waals surface area contributed by atoms with Gasteiger partial charge in [0.2, 0.25) is 0 Å². The fourth-order valence-electron chi connectivity index (χ4n) is 3.46. The third-order valence-electron chi connectivity index (χ3n) is 4.74. The minimum Gasteiger partial charge on any atom is -0.497 e. The van der Waals surface area contributed by atoms with E-state index in [2.05, 4.69) is 0 Å². The Labute approximate surface area is 126 Å². The second-order valence-corrected chi connectivity index (χ2v) is 6.24. The maximum atomic E-state index is 11.1. The fourth-order valence-corrected chi connectivity index (χ4v) is 3.46. The molecule has 3 rings (SSSR count). The number of methoxy groups -OCH3 is 1. The van der Waals surface area contributed by atoms with Gasteiger partial charge in [-0.2, -0.15) is 0 Å². The van der Waals surface area contributed by atoms with Crippen molar-refractivity contribution in [2.45, 2.75) is 50.4 Å². The van der Waals surface area contributed by atoms with E-state index >= 15 is 0 Å². The van der Waals surface area contributed by atoms with Crippen molar-refractivity contribution in [3.8, 4) is 5.75 Å². The van der Waals surface area contributed by atoms with Crippen molar-refractivity contribution < 1.29 is 19.3 Å². The van der Waals surface area contributed by atoms with Crippen LogP contribution in [0.15, 0.2) is 18.2 Å². The summed E-state index contributed by atoms with van der Waals surface area (Å²) in [7, 11) is 1.67. The standard InChI is InChI=1S/C17H24O4/c1-16(20-10-11-21-16)8-9-17(18)7-3-4-13-12-14(19-2)5-6-15(13)17/h5-6,12,18H,3-4,7-11H2,1-2H3. The smallest absolute Gasteiger partial charge is 0.165 e. The van der Waals surface area contributed by atoms with Gasteiger partial charge in [0.15, 0.2) is 5.79 Å². The highest BCUT2D eigenvalue weighted by Crippen LogP contribution is 2.41. The van der Waals surface area contributed by atoms with Gasteiger partial charge in [0.05, 0.1) is 25.9 Å². The van der Waals surface area contributed by atoms with Crippen molar-refractivity contribution in [2.75, 3.05) is 20.3 Å². The lowest BCUT2D eigenvalue weighted by Gasteiger charge is -2.36. The highest BCUT2D eigenvalue weighted by Gasteiger charge is 2.39. The molecule has 1 aliphatic carbocycles. The van der Waals surface area contributed by atoms with Crippen LogP contribution in [0, 0.1) is 0 Å². The molecule has 1 fully saturated rings. The van der Waals surface area contributed by atoms with Gasteiger partial charge in [-0.05, 0) is 55.9 Å². The molecule has 1 aromatic carbocycles. The number of benzene rings is 1. The van der Waals surface area contributed by atoms with Gasteiger partial charge in [-0.15, -0.1) is 0 Å². The van der Waals surface area contributed by atoms with Gasteiger partial charge >= 0.3 is 0 Å². The first-order valence-corrected chi connectivity index (χ1v) is 7.72. The molecule has 0 radical (unpaired) electrons. The van der Waals surface area contributed by atoms with Gasteiger partial charge in [-0.3, -0.25) is 0 Å². The molecular formula is C17H24O4. The van der Waals surface area contributed by atoms with Gasteiger partial charge in [0.1, 0.15) is 5.75 Å². The molecule has 0 amide bonds. The molecule has 1 saturated heterocycles. The van der Waals surface area contributed by atoms with Crippen molar-refractivity contribution in [1.82, 2.24) is 0 Å². The van der Waals surface area contributed by atoms with Crippen LogP contribution >= 0.6 is 0 Å². The van der Waals surface area contributed by atoms with E-state index in [0.29, 0.717) is 26.1 Å². The van der Waals surface area contributed by atoms with Crippen molar-refractivity contribution in [1.29, 1.82) is 0 Å². The predicted molar refractivity (Wildman–Crippen MR) is 79.4 cm³/mol. The average molecular weight is 292 g/mol. The summed E-state index contributed by atoms with van der Waals surface area (Å²) in [5, 5.41) is 11.1. The summed E-state index contributed by atoms with van der Waals surface area (Å²) in [6.45, 7) is 3.24. The molecule has 116 valence electrons. The van der Waals surface area contributed by atoms with Crippen LogP contribution in [0.1, 0.15) is 43.7 Å². The number of fused-ring (bicyclic) bond motifs is 1. The molecule has 0 aromatic heterocycles. The van der Waals surface area contributed by atoms with E-state index in [1.807, 2.05) is 25.1 Å². The summed E-state index contributed by atoms with van der Waals surface area (Å²) in [5.41, 5.74) is 1.45. The predicted octanol–water partition coefficient (Wildman–Crippen LogP) is 2.76. The lowest BCUT2D eigenvalue weighted by Crippen LogP contribution is -2.35. The Hall–Kier alpha value is -1.10. The number of aryl methyl sites for hydroxylation is 1.